The lowest BCUT2D eigenvalue weighted by atomic mass is 10.1. The maximum atomic E-state index is 11.1. The molecule has 0 spiro atoms. The molecule has 1 saturated heterocycles. The van der Waals surface area contributed by atoms with Gasteiger partial charge >= 0.3 is 5.97 Å². The molecule has 16 heavy (non-hydrogen) atoms. The molecule has 0 radical (unpaired) electrons. The van der Waals surface area contributed by atoms with Crippen LogP contribution in [0.25, 0.3) is 0 Å². The van der Waals surface area contributed by atoms with Crippen molar-refractivity contribution in [3.05, 3.63) is 30.3 Å². The van der Waals surface area contributed by atoms with E-state index >= 15 is 0 Å². The molecule has 1 aliphatic rings. The Hall–Kier alpha value is -2.02. The van der Waals surface area contributed by atoms with Gasteiger partial charge in [0.2, 0.25) is 0 Å². The average molecular weight is 217 g/mol. The van der Waals surface area contributed by atoms with Gasteiger partial charge in [-0.1, -0.05) is 18.2 Å². The van der Waals surface area contributed by atoms with Gasteiger partial charge in [0.1, 0.15) is 24.4 Å². The Morgan fingerprint density at radius 2 is 2.19 bits per heavy atom. The van der Waals surface area contributed by atoms with E-state index in [9.17, 15) is 4.79 Å². The first-order valence-corrected chi connectivity index (χ1v) is 5.07. The molecule has 82 valence electrons. The minimum absolute atomic E-state index is 0.300. The fraction of sp³-hybridized carbons (Fsp3) is 0.333. The van der Waals surface area contributed by atoms with Gasteiger partial charge < -0.3 is 9.47 Å². The van der Waals surface area contributed by atoms with E-state index in [1.165, 1.54) is 0 Å². The number of ether oxygens (including phenoxy) is 2. The molecule has 1 aromatic rings. The Morgan fingerprint density at radius 1 is 1.44 bits per heavy atom. The molecule has 0 N–H and O–H groups in total. The summed E-state index contributed by atoms with van der Waals surface area (Å²) in [5, 5.41) is 8.65. The minimum Gasteiger partial charge on any atom is -0.490 e. The van der Waals surface area contributed by atoms with Gasteiger partial charge in [-0.05, 0) is 12.1 Å². The zero-order valence-electron chi connectivity index (χ0n) is 8.63. The molecule has 4 heteroatoms. The summed E-state index contributed by atoms with van der Waals surface area (Å²) in [7, 11) is 0. The molecule has 1 aliphatic heterocycles. The first kappa shape index (κ1) is 10.5. The van der Waals surface area contributed by atoms with Crippen molar-refractivity contribution < 1.29 is 14.3 Å². The van der Waals surface area contributed by atoms with Crippen LogP contribution < -0.4 is 4.74 Å². The second-order valence-corrected chi connectivity index (χ2v) is 3.60. The first-order chi connectivity index (χ1) is 7.79. The minimum atomic E-state index is -0.635. The summed E-state index contributed by atoms with van der Waals surface area (Å²) in [5.41, 5.74) is 0. The Bertz CT molecular complexity index is 410. The Labute approximate surface area is 93.4 Å². The molecule has 0 amide bonds. The van der Waals surface area contributed by atoms with Crippen LogP contribution in [0.4, 0.5) is 0 Å². The molecule has 0 bridgehead atoms. The molecule has 0 aromatic heterocycles. The van der Waals surface area contributed by atoms with Crippen LogP contribution in [0.15, 0.2) is 30.3 Å². The number of benzene rings is 1. The second kappa shape index (κ2) is 4.67. The predicted molar refractivity (Wildman–Crippen MR) is 55.5 cm³/mol. The highest BCUT2D eigenvalue weighted by Gasteiger charge is 2.34. The zero-order valence-corrected chi connectivity index (χ0v) is 8.63. The van der Waals surface area contributed by atoms with Gasteiger partial charge in [0.05, 0.1) is 6.07 Å². The molecule has 2 atom stereocenters. The summed E-state index contributed by atoms with van der Waals surface area (Å²) in [6.07, 6.45) is 0.111. The number of nitrogens with zero attached hydrogens (tertiary/aromatic N) is 1. The van der Waals surface area contributed by atoms with E-state index < -0.39 is 11.9 Å². The lowest BCUT2D eigenvalue weighted by Crippen LogP contribution is -2.17. The Balaban J connectivity index is 1.85. The van der Waals surface area contributed by atoms with Gasteiger partial charge in [0, 0.05) is 6.42 Å². The maximum absolute atomic E-state index is 11.1. The lowest BCUT2D eigenvalue weighted by molar-refractivity contribution is -0.144. The fourth-order valence-corrected chi connectivity index (χ4v) is 1.57. The van der Waals surface area contributed by atoms with Crippen molar-refractivity contribution in [2.75, 3.05) is 6.61 Å². The van der Waals surface area contributed by atoms with E-state index in [0.29, 0.717) is 13.0 Å². The van der Waals surface area contributed by atoms with E-state index in [2.05, 4.69) is 0 Å². The maximum Gasteiger partial charge on any atom is 0.323 e. The van der Waals surface area contributed by atoms with Crippen LogP contribution in [0.1, 0.15) is 6.42 Å². The quantitative estimate of drug-likeness (QED) is 0.720. The number of carbonyl (C=O) groups is 1. The number of rotatable bonds is 3. The molecule has 2 rings (SSSR count). The summed E-state index contributed by atoms with van der Waals surface area (Å²) in [6, 6.07) is 11.2. The number of carbonyl (C=O) groups excluding carboxylic acids is 1. The van der Waals surface area contributed by atoms with Crippen LogP contribution in [0.5, 0.6) is 5.75 Å². The largest absolute Gasteiger partial charge is 0.490 e. The van der Waals surface area contributed by atoms with Crippen molar-refractivity contribution in [2.45, 2.75) is 12.5 Å². The number of nitriles is 1. The highest BCUT2D eigenvalue weighted by atomic mass is 16.6. The molecular weight excluding hydrogens is 206 g/mol. The smallest absolute Gasteiger partial charge is 0.323 e. The molecule has 1 fully saturated rings. The van der Waals surface area contributed by atoms with Crippen molar-refractivity contribution in [1.29, 1.82) is 5.26 Å². The third-order valence-corrected chi connectivity index (χ3v) is 2.40. The first-order valence-electron chi connectivity index (χ1n) is 5.07. The normalized spacial score (nSPS) is 23.6. The second-order valence-electron chi connectivity index (χ2n) is 3.60. The van der Waals surface area contributed by atoms with E-state index in [-0.39, 0.29) is 6.10 Å². The Morgan fingerprint density at radius 3 is 2.81 bits per heavy atom. The number of cyclic esters (lactones) is 1. The number of esters is 1. The van der Waals surface area contributed by atoms with Gasteiger partial charge in [-0.25, -0.2) is 0 Å². The third kappa shape index (κ3) is 2.31. The van der Waals surface area contributed by atoms with Gasteiger partial charge in [0.25, 0.3) is 0 Å². The van der Waals surface area contributed by atoms with Crippen molar-refractivity contribution in [3.63, 3.8) is 0 Å². The van der Waals surface area contributed by atoms with Gasteiger partial charge in [0.15, 0.2) is 0 Å². The van der Waals surface area contributed by atoms with Crippen LogP contribution in [-0.4, -0.2) is 18.7 Å². The summed E-state index contributed by atoms with van der Waals surface area (Å²) in [4.78, 5) is 11.1. The van der Waals surface area contributed by atoms with Crippen molar-refractivity contribution in [2.24, 2.45) is 5.92 Å². The monoisotopic (exact) mass is 217 g/mol. The summed E-state index contributed by atoms with van der Waals surface area (Å²) in [6.45, 7) is 0.300. The highest BCUT2D eigenvalue weighted by Crippen LogP contribution is 2.21. The topological polar surface area (TPSA) is 59.3 Å². The van der Waals surface area contributed by atoms with E-state index in [1.54, 1.807) is 0 Å². The van der Waals surface area contributed by atoms with Crippen LogP contribution in [0, 0.1) is 17.2 Å². The van der Waals surface area contributed by atoms with Crippen LogP contribution >= 0.6 is 0 Å². The molecule has 1 aromatic carbocycles. The molecule has 4 nitrogen and oxygen atoms in total. The molecule has 1 heterocycles. The summed E-state index contributed by atoms with van der Waals surface area (Å²) in [5.74, 6) is -0.340. The highest BCUT2D eigenvalue weighted by molar-refractivity contribution is 5.77. The van der Waals surface area contributed by atoms with Gasteiger partial charge in [-0.3, -0.25) is 4.79 Å². The molecule has 2 unspecified atom stereocenters. The van der Waals surface area contributed by atoms with Crippen molar-refractivity contribution in [3.8, 4) is 11.8 Å². The summed E-state index contributed by atoms with van der Waals surface area (Å²) >= 11 is 0. The molecule has 0 saturated carbocycles. The fourth-order valence-electron chi connectivity index (χ4n) is 1.57. The standard InChI is InChI=1S/C12H11NO3/c13-7-9-6-11(16-12(9)14)8-15-10-4-2-1-3-5-10/h1-5,9,11H,6,8H2. The predicted octanol–water partition coefficient (Wildman–Crippen LogP) is 1.52. The SMILES string of the molecule is N#CC1CC(COc2ccccc2)OC1=O. The van der Waals surface area contributed by atoms with E-state index in [0.717, 1.165) is 5.75 Å². The number of hydrogen-bond acceptors (Lipinski definition) is 4. The zero-order chi connectivity index (χ0) is 11.4. The van der Waals surface area contributed by atoms with E-state index in [4.69, 9.17) is 14.7 Å². The van der Waals surface area contributed by atoms with Gasteiger partial charge in [-0.2, -0.15) is 5.26 Å². The van der Waals surface area contributed by atoms with Crippen molar-refractivity contribution >= 4 is 5.97 Å². The molecular formula is C12H11NO3. The molecule has 0 aliphatic carbocycles. The van der Waals surface area contributed by atoms with E-state index in [1.807, 2.05) is 36.4 Å². The average Bonchev–Trinajstić information content (AvgIpc) is 2.69. The third-order valence-electron chi connectivity index (χ3n) is 2.40. The Kier molecular flexibility index (Phi) is 3.06. The van der Waals surface area contributed by atoms with Crippen LogP contribution in [-0.2, 0) is 9.53 Å². The van der Waals surface area contributed by atoms with Crippen LogP contribution in [0.2, 0.25) is 0 Å². The number of para-hydroxylation sites is 1. The van der Waals surface area contributed by atoms with Crippen LogP contribution in [0.3, 0.4) is 0 Å². The lowest BCUT2D eigenvalue weighted by Gasteiger charge is -2.10. The summed E-state index contributed by atoms with van der Waals surface area (Å²) < 4.78 is 10.4. The van der Waals surface area contributed by atoms with Crippen molar-refractivity contribution in [1.82, 2.24) is 0 Å². The van der Waals surface area contributed by atoms with Gasteiger partial charge in [-0.15, -0.1) is 0 Å². The number of hydrogen-bond donors (Lipinski definition) is 0.